The monoisotopic (exact) mass is 977 g/mol. The molecule has 2 heterocycles. The molecule has 1 aliphatic heterocycles. The summed E-state index contributed by atoms with van der Waals surface area (Å²) < 4.78 is 56.6. The zero-order valence-corrected chi connectivity index (χ0v) is 40.8. The van der Waals surface area contributed by atoms with E-state index in [0.717, 1.165) is 80.9 Å². The Labute approximate surface area is 390 Å². The maximum Gasteiger partial charge on any atom is 0.481 e. The zero-order valence-electron chi connectivity index (χ0n) is 39.0. The third-order valence-electron chi connectivity index (χ3n) is 10.5. The van der Waals surface area contributed by atoms with Gasteiger partial charge in [-0.3, -0.25) is 23.2 Å². The maximum absolute atomic E-state index is 12.8. The van der Waals surface area contributed by atoms with Gasteiger partial charge in [-0.25, -0.2) is 13.9 Å². The number of hydrogen-bond donors (Lipinski definition) is 6. The van der Waals surface area contributed by atoms with E-state index in [1.54, 1.807) is 6.08 Å². The van der Waals surface area contributed by atoms with Crippen LogP contribution < -0.4 is 11.4 Å². The molecule has 66 heavy (non-hydrogen) atoms. The Kier molecular flexibility index (Phi) is 29.9. The minimum atomic E-state index is -5.43. The van der Waals surface area contributed by atoms with Gasteiger partial charge in [-0.15, -0.1) is 0 Å². The molecule has 0 bridgehead atoms. The lowest BCUT2D eigenvalue weighted by atomic mass is 10.0. The molecule has 3 unspecified atom stereocenters. The molecular weight excluding hydrogens is 900 g/mol. The summed E-state index contributed by atoms with van der Waals surface area (Å²) in [7, 11) is -10.9. The normalized spacial score (nSPS) is 20.6. The first-order chi connectivity index (χ1) is 31.4. The van der Waals surface area contributed by atoms with Crippen molar-refractivity contribution in [2.75, 3.05) is 25.6 Å². The van der Waals surface area contributed by atoms with Gasteiger partial charge in [0.2, 0.25) is 0 Å². The van der Waals surface area contributed by atoms with Crippen LogP contribution in [-0.4, -0.2) is 96.9 Å². The minimum Gasteiger partial charge on any atom is -0.462 e. The summed E-state index contributed by atoms with van der Waals surface area (Å²) in [5.41, 5.74) is 4.57. The SMILES string of the molecule is CC/C=C/CC(O)/C=C/C=C/CCCCCCCC(=O)O[C@H](COC(=O)CCCCCCCCCCCC(C)C)COP(=O)(O)OP(=O)(O)OC[C@H]1O[C@@H](n2ccc(N)nc2=O)[C@H](O)[C@@H]1O. The number of rotatable bonds is 37. The van der Waals surface area contributed by atoms with Gasteiger partial charge < -0.3 is 45.1 Å². The van der Waals surface area contributed by atoms with Crippen LogP contribution in [0.3, 0.4) is 0 Å². The van der Waals surface area contributed by atoms with Crippen molar-refractivity contribution in [2.24, 2.45) is 5.92 Å². The van der Waals surface area contributed by atoms with Crippen molar-refractivity contribution in [1.82, 2.24) is 9.55 Å². The third-order valence-corrected chi connectivity index (χ3v) is 13.1. The van der Waals surface area contributed by atoms with Gasteiger partial charge in [-0.2, -0.15) is 9.29 Å². The number of unbranched alkanes of at least 4 members (excludes halogenated alkanes) is 13. The number of aromatic nitrogens is 2. The van der Waals surface area contributed by atoms with Crippen molar-refractivity contribution in [3.05, 3.63) is 59.2 Å². The van der Waals surface area contributed by atoms with Gasteiger partial charge >= 0.3 is 33.3 Å². The molecule has 8 atom stereocenters. The first-order valence-electron chi connectivity index (χ1n) is 23.5. The number of phosphoric acid groups is 2. The number of esters is 2. The van der Waals surface area contributed by atoms with Crippen molar-refractivity contribution in [3.8, 4) is 0 Å². The van der Waals surface area contributed by atoms with E-state index >= 15 is 0 Å². The van der Waals surface area contributed by atoms with E-state index < -0.39 is 89.8 Å². The number of ether oxygens (including phenoxy) is 3. The number of nitrogen functional groups attached to an aromatic ring is 1. The molecule has 7 N–H and O–H groups in total. The summed E-state index contributed by atoms with van der Waals surface area (Å²) in [5, 5.41) is 30.8. The second-order valence-electron chi connectivity index (χ2n) is 16.9. The number of anilines is 1. The summed E-state index contributed by atoms with van der Waals surface area (Å²) in [5.74, 6) is -0.623. The van der Waals surface area contributed by atoms with E-state index in [2.05, 4.69) is 23.1 Å². The van der Waals surface area contributed by atoms with E-state index in [1.807, 2.05) is 37.3 Å². The van der Waals surface area contributed by atoms with Crippen molar-refractivity contribution in [1.29, 1.82) is 0 Å². The second-order valence-corrected chi connectivity index (χ2v) is 20.0. The topological polar surface area (TPSA) is 286 Å². The van der Waals surface area contributed by atoms with Crippen LogP contribution in [0.5, 0.6) is 0 Å². The fourth-order valence-corrected chi connectivity index (χ4v) is 8.94. The Morgan fingerprint density at radius 2 is 1.44 bits per heavy atom. The fourth-order valence-electron chi connectivity index (χ4n) is 6.83. The van der Waals surface area contributed by atoms with Gasteiger partial charge in [0, 0.05) is 19.0 Å². The van der Waals surface area contributed by atoms with Gasteiger partial charge in [0.15, 0.2) is 12.3 Å². The second kappa shape index (κ2) is 33.4. The summed E-state index contributed by atoms with van der Waals surface area (Å²) >= 11 is 0. The molecule has 0 aliphatic carbocycles. The van der Waals surface area contributed by atoms with Gasteiger partial charge in [0.05, 0.1) is 19.3 Å². The van der Waals surface area contributed by atoms with E-state index in [9.17, 15) is 48.6 Å². The van der Waals surface area contributed by atoms with Crippen LogP contribution in [0.15, 0.2) is 53.5 Å². The lowest BCUT2D eigenvalue weighted by molar-refractivity contribution is -0.161. The Bertz CT molecular complexity index is 1780. The van der Waals surface area contributed by atoms with Crippen LogP contribution in [0.2, 0.25) is 0 Å². The largest absolute Gasteiger partial charge is 0.481 e. The molecule has 378 valence electrons. The maximum atomic E-state index is 12.8. The zero-order chi connectivity index (χ0) is 48.8. The van der Waals surface area contributed by atoms with E-state index in [4.69, 9.17) is 29.0 Å². The van der Waals surface area contributed by atoms with Crippen LogP contribution >= 0.6 is 15.6 Å². The van der Waals surface area contributed by atoms with E-state index in [0.29, 0.717) is 19.3 Å². The molecule has 19 nitrogen and oxygen atoms in total. The Morgan fingerprint density at radius 3 is 2.08 bits per heavy atom. The summed E-state index contributed by atoms with van der Waals surface area (Å²) in [6, 6.07) is 1.24. The highest BCUT2D eigenvalue weighted by molar-refractivity contribution is 7.61. The smallest absolute Gasteiger partial charge is 0.462 e. The first-order valence-corrected chi connectivity index (χ1v) is 26.5. The molecule has 21 heteroatoms. The van der Waals surface area contributed by atoms with Gasteiger partial charge in [-0.05, 0) is 50.5 Å². The lowest BCUT2D eigenvalue weighted by Gasteiger charge is -2.21. The molecule has 1 aliphatic rings. The molecule has 1 fully saturated rings. The summed E-state index contributed by atoms with van der Waals surface area (Å²) in [4.78, 5) is 61.7. The van der Waals surface area contributed by atoms with Gasteiger partial charge in [-0.1, -0.05) is 134 Å². The predicted molar refractivity (Wildman–Crippen MR) is 249 cm³/mol. The Morgan fingerprint density at radius 1 is 0.833 bits per heavy atom. The van der Waals surface area contributed by atoms with Crippen LogP contribution in [0.4, 0.5) is 5.82 Å². The number of aliphatic hydroxyl groups excluding tert-OH is 3. The van der Waals surface area contributed by atoms with Crippen molar-refractivity contribution in [2.45, 2.75) is 186 Å². The van der Waals surface area contributed by atoms with Gasteiger partial charge in [0.1, 0.15) is 30.7 Å². The number of aliphatic hydroxyl groups is 3. The number of phosphoric ester groups is 2. The molecule has 1 aromatic heterocycles. The highest BCUT2D eigenvalue weighted by atomic mass is 31.3. The third kappa shape index (κ3) is 27.1. The molecule has 1 aromatic rings. The molecular formula is C45H77N3O16P2. The molecule has 0 aromatic carbocycles. The molecule has 0 saturated carbocycles. The molecule has 0 amide bonds. The summed E-state index contributed by atoms with van der Waals surface area (Å²) in [6.07, 6.45) is 21.6. The van der Waals surface area contributed by atoms with E-state index in [1.165, 1.54) is 38.2 Å². The van der Waals surface area contributed by atoms with Crippen LogP contribution in [0.25, 0.3) is 0 Å². The molecule has 2 rings (SSSR count). The van der Waals surface area contributed by atoms with Crippen molar-refractivity contribution in [3.63, 3.8) is 0 Å². The quantitative estimate of drug-likeness (QED) is 0.0123. The first kappa shape index (κ1) is 59.1. The predicted octanol–water partition coefficient (Wildman–Crippen LogP) is 7.66. The lowest BCUT2D eigenvalue weighted by Crippen LogP contribution is -2.36. The molecule has 0 spiro atoms. The van der Waals surface area contributed by atoms with Crippen LogP contribution in [0.1, 0.15) is 155 Å². The Hall–Kier alpha value is -3.06. The standard InChI is InChI=1S/C45H77N3O16P2/c1-4-5-20-26-36(49)27-22-17-13-9-7-11-15-19-24-29-41(51)62-37(32-59-40(50)28-23-18-14-10-6-8-12-16-21-25-35(2)3)33-60-65(55,56)64-66(57,58)61-34-38-42(52)43(53)44(63-38)48-31-30-39(46)47-45(48)54/h5,13,17,20,22,27,30-31,35-38,42-44,49,52-53H,4,6-12,14-16,18-19,21,23-26,28-29,32-34H2,1-3H3,(H,55,56)(H,57,58)(H2,46,47,54)/b17-13+,20-5+,27-22+/t36?,37-,38-,42-,43-,44-/m1/s1. The number of carbonyl (C=O) groups excluding carboxylic acids is 2. The highest BCUT2D eigenvalue weighted by Crippen LogP contribution is 2.60. The number of allylic oxidation sites excluding steroid dienone is 4. The number of nitrogens with zero attached hydrogens (tertiary/aromatic N) is 2. The van der Waals surface area contributed by atoms with Crippen LogP contribution in [0, 0.1) is 5.92 Å². The number of nitrogens with two attached hydrogens (primary N) is 1. The Balaban J connectivity index is 1.85. The summed E-state index contributed by atoms with van der Waals surface area (Å²) in [6.45, 7) is 4.16. The van der Waals surface area contributed by atoms with Gasteiger partial charge in [0.25, 0.3) is 0 Å². The highest BCUT2D eigenvalue weighted by Gasteiger charge is 2.46. The number of hydrogen-bond acceptors (Lipinski definition) is 16. The minimum absolute atomic E-state index is 0.00392. The van der Waals surface area contributed by atoms with E-state index in [-0.39, 0.29) is 18.7 Å². The van der Waals surface area contributed by atoms with Crippen molar-refractivity contribution < 1.29 is 71.4 Å². The molecule has 0 radical (unpaired) electrons. The van der Waals surface area contributed by atoms with Crippen LogP contribution in [-0.2, 0) is 46.3 Å². The fraction of sp³-hybridized carbons (Fsp3) is 0.733. The molecule has 1 saturated heterocycles. The average Bonchev–Trinajstić information content (AvgIpc) is 3.53. The number of carbonyl (C=O) groups is 2. The van der Waals surface area contributed by atoms with Crippen molar-refractivity contribution >= 4 is 33.4 Å². The average molecular weight is 978 g/mol.